The number of carbonyl (C=O) groups is 4. The van der Waals surface area contributed by atoms with Gasteiger partial charge in [-0.3, -0.25) is 9.59 Å². The van der Waals surface area contributed by atoms with Crippen molar-refractivity contribution in [1.82, 2.24) is 4.98 Å². The van der Waals surface area contributed by atoms with Crippen LogP contribution in [0.3, 0.4) is 0 Å². The van der Waals surface area contributed by atoms with Crippen molar-refractivity contribution in [3.8, 4) is 0 Å². The summed E-state index contributed by atoms with van der Waals surface area (Å²) in [5, 5.41) is 2.84. The van der Waals surface area contributed by atoms with Crippen LogP contribution in [0, 0.1) is 6.92 Å². The Morgan fingerprint density at radius 3 is 2.45 bits per heavy atom. The Bertz CT molecular complexity index is 1250. The maximum absolute atomic E-state index is 12.9. The average molecular weight is 497 g/mol. The van der Waals surface area contributed by atoms with Gasteiger partial charge in [-0.05, 0) is 31.4 Å². The number of hydrogen-bond donors (Lipinski definition) is 2. The van der Waals surface area contributed by atoms with Crippen LogP contribution in [0.2, 0.25) is 0 Å². The number of fused-ring (bicyclic) bond motifs is 1. The number of aromatic amines is 1. The van der Waals surface area contributed by atoms with Gasteiger partial charge in [-0.25, -0.2) is 18.0 Å². The zero-order valence-corrected chi connectivity index (χ0v) is 20.3. The number of ether oxygens (including phenoxy) is 2. The molecule has 2 aromatic rings. The molecule has 3 heterocycles. The van der Waals surface area contributed by atoms with Crippen LogP contribution in [0.5, 0.6) is 0 Å². The number of anilines is 1. The van der Waals surface area contributed by atoms with Crippen molar-refractivity contribution < 1.29 is 37.1 Å². The van der Waals surface area contributed by atoms with Gasteiger partial charge in [0.05, 0.1) is 48.5 Å². The van der Waals surface area contributed by atoms with E-state index in [-0.39, 0.29) is 64.3 Å². The minimum absolute atomic E-state index is 0.0887. The van der Waals surface area contributed by atoms with Gasteiger partial charge in [0.25, 0.3) is 0 Å². The Morgan fingerprint density at radius 1 is 1.15 bits per heavy atom. The molecule has 12 heteroatoms. The van der Waals surface area contributed by atoms with Crippen LogP contribution in [-0.2, 0) is 42.7 Å². The molecule has 3 rings (SSSR count). The number of Topliss-reactive ketones (excluding diaryl/α,β-unsaturated/α-hetero) is 1. The summed E-state index contributed by atoms with van der Waals surface area (Å²) in [6, 6.07) is 0. The molecule has 2 N–H and O–H groups in total. The van der Waals surface area contributed by atoms with Gasteiger partial charge in [-0.2, -0.15) is 0 Å². The van der Waals surface area contributed by atoms with Crippen LogP contribution in [0.1, 0.15) is 66.7 Å². The van der Waals surface area contributed by atoms with Crippen molar-refractivity contribution >= 4 is 49.8 Å². The van der Waals surface area contributed by atoms with Crippen LogP contribution < -0.4 is 5.32 Å². The van der Waals surface area contributed by atoms with Crippen molar-refractivity contribution in [1.29, 1.82) is 0 Å². The van der Waals surface area contributed by atoms with E-state index in [2.05, 4.69) is 10.3 Å². The first-order chi connectivity index (χ1) is 15.5. The van der Waals surface area contributed by atoms with Crippen LogP contribution in [0.25, 0.3) is 0 Å². The predicted octanol–water partition coefficient (Wildman–Crippen LogP) is 2.20. The second-order valence-corrected chi connectivity index (χ2v) is 10.8. The lowest BCUT2D eigenvalue weighted by Gasteiger charge is -2.13. The normalized spacial score (nSPS) is 14.3. The van der Waals surface area contributed by atoms with Gasteiger partial charge in [-0.15, -0.1) is 11.3 Å². The van der Waals surface area contributed by atoms with E-state index >= 15 is 0 Å². The first kappa shape index (κ1) is 24.6. The fourth-order valence-electron chi connectivity index (χ4n) is 3.78. The third kappa shape index (κ3) is 5.01. The van der Waals surface area contributed by atoms with Crippen LogP contribution in [0.4, 0.5) is 5.00 Å². The van der Waals surface area contributed by atoms with Gasteiger partial charge in [0.15, 0.2) is 15.6 Å². The van der Waals surface area contributed by atoms with E-state index in [0.29, 0.717) is 16.0 Å². The molecule has 1 aliphatic rings. The zero-order chi connectivity index (χ0) is 24.5. The molecule has 2 aromatic heterocycles. The highest BCUT2D eigenvalue weighted by Gasteiger charge is 2.32. The first-order valence-corrected chi connectivity index (χ1v) is 12.7. The second-order valence-electron chi connectivity index (χ2n) is 7.52. The molecular formula is C21H24N2O8S2. The molecule has 0 unspecified atom stereocenters. The number of ketones is 1. The molecule has 0 radical (unpaired) electrons. The molecular weight excluding hydrogens is 472 g/mol. The molecule has 0 aromatic carbocycles. The number of hydrogen-bond acceptors (Lipinski definition) is 9. The SMILES string of the molecule is CCOC(=O)c1c(NC(=O)Cc2[nH]c(C(C)=O)c(C)c2C(=O)OC)sc2c1CCS(=O)(=O)C2. The monoisotopic (exact) mass is 496 g/mol. The summed E-state index contributed by atoms with van der Waals surface area (Å²) in [6.45, 7) is 4.67. The van der Waals surface area contributed by atoms with Gasteiger partial charge in [0.1, 0.15) is 5.00 Å². The highest BCUT2D eigenvalue weighted by molar-refractivity contribution is 7.90. The van der Waals surface area contributed by atoms with Crippen molar-refractivity contribution in [3.63, 3.8) is 0 Å². The van der Waals surface area contributed by atoms with E-state index in [0.717, 1.165) is 11.3 Å². The number of nitrogens with one attached hydrogen (secondary N) is 2. The van der Waals surface area contributed by atoms with E-state index in [1.165, 1.54) is 14.0 Å². The molecule has 1 aliphatic heterocycles. The number of carbonyl (C=O) groups excluding carboxylic acids is 4. The molecule has 0 aliphatic carbocycles. The Kier molecular flexibility index (Phi) is 7.08. The highest BCUT2D eigenvalue weighted by atomic mass is 32.2. The number of sulfone groups is 1. The van der Waals surface area contributed by atoms with Crippen LogP contribution in [0.15, 0.2) is 0 Å². The van der Waals surface area contributed by atoms with Crippen molar-refractivity contribution in [2.45, 2.75) is 39.4 Å². The average Bonchev–Trinajstić information content (AvgIpc) is 3.23. The lowest BCUT2D eigenvalue weighted by molar-refractivity contribution is -0.115. The van der Waals surface area contributed by atoms with E-state index in [1.54, 1.807) is 13.8 Å². The number of H-pyrrole nitrogens is 1. The molecule has 0 spiro atoms. The lowest BCUT2D eigenvalue weighted by Crippen LogP contribution is -2.21. The number of methoxy groups -OCH3 is 1. The minimum Gasteiger partial charge on any atom is -0.465 e. The van der Waals surface area contributed by atoms with Gasteiger partial charge in [0, 0.05) is 17.5 Å². The van der Waals surface area contributed by atoms with Crippen molar-refractivity contribution in [2.75, 3.05) is 24.8 Å². The maximum Gasteiger partial charge on any atom is 0.341 e. The third-order valence-electron chi connectivity index (χ3n) is 5.24. The van der Waals surface area contributed by atoms with Gasteiger partial charge >= 0.3 is 11.9 Å². The highest BCUT2D eigenvalue weighted by Crippen LogP contribution is 2.38. The fourth-order valence-corrected chi connectivity index (χ4v) is 6.84. The van der Waals surface area contributed by atoms with Gasteiger partial charge in [-0.1, -0.05) is 0 Å². The molecule has 178 valence electrons. The zero-order valence-electron chi connectivity index (χ0n) is 18.6. The quantitative estimate of drug-likeness (QED) is 0.438. The summed E-state index contributed by atoms with van der Waals surface area (Å²) < 4.78 is 34.0. The van der Waals surface area contributed by atoms with E-state index in [1.807, 2.05) is 0 Å². The maximum atomic E-state index is 12.9. The summed E-state index contributed by atoms with van der Waals surface area (Å²) in [5.74, 6) is -2.50. The Balaban J connectivity index is 1.95. The van der Waals surface area contributed by atoms with Crippen molar-refractivity contribution in [3.05, 3.63) is 38.5 Å². The Hall–Kier alpha value is -2.99. The Labute approximate surface area is 194 Å². The summed E-state index contributed by atoms with van der Waals surface area (Å²) in [5.41, 5.74) is 1.58. The third-order valence-corrected chi connectivity index (χ3v) is 8.13. The standard InChI is InChI=1S/C21H24N2O8S2/c1-5-31-21(27)17-12-6-7-33(28,29)9-14(12)32-19(17)23-15(25)8-13-16(20(26)30-4)10(2)18(22-13)11(3)24/h22H,5-9H2,1-4H3,(H,23,25). The number of aromatic nitrogens is 1. The molecule has 0 fully saturated rings. The number of rotatable bonds is 7. The summed E-state index contributed by atoms with van der Waals surface area (Å²) in [7, 11) is -2.09. The smallest absolute Gasteiger partial charge is 0.341 e. The van der Waals surface area contributed by atoms with Crippen LogP contribution >= 0.6 is 11.3 Å². The molecule has 33 heavy (non-hydrogen) atoms. The van der Waals surface area contributed by atoms with Gasteiger partial charge in [0.2, 0.25) is 5.91 Å². The van der Waals surface area contributed by atoms with E-state index in [4.69, 9.17) is 9.47 Å². The molecule has 0 atom stereocenters. The number of thiophene rings is 1. The largest absolute Gasteiger partial charge is 0.465 e. The van der Waals surface area contributed by atoms with Crippen LogP contribution in [-0.4, -0.2) is 56.5 Å². The number of esters is 2. The topological polar surface area (TPSA) is 149 Å². The molecule has 0 saturated carbocycles. The van der Waals surface area contributed by atoms with E-state index in [9.17, 15) is 27.6 Å². The molecule has 0 bridgehead atoms. The second kappa shape index (κ2) is 9.48. The Morgan fingerprint density at radius 2 is 1.85 bits per heavy atom. The summed E-state index contributed by atoms with van der Waals surface area (Å²) in [6.07, 6.45) is -0.149. The fraction of sp³-hybridized carbons (Fsp3) is 0.429. The van der Waals surface area contributed by atoms with Crippen molar-refractivity contribution in [2.24, 2.45) is 0 Å². The van der Waals surface area contributed by atoms with E-state index < -0.39 is 27.7 Å². The lowest BCUT2D eigenvalue weighted by atomic mass is 10.1. The molecule has 0 saturated heterocycles. The summed E-state index contributed by atoms with van der Waals surface area (Å²) in [4.78, 5) is 52.9. The molecule has 1 amide bonds. The first-order valence-electron chi connectivity index (χ1n) is 10.1. The predicted molar refractivity (Wildman–Crippen MR) is 121 cm³/mol. The minimum atomic E-state index is -3.29. The van der Waals surface area contributed by atoms with Gasteiger partial charge < -0.3 is 19.8 Å². The number of amides is 1. The summed E-state index contributed by atoms with van der Waals surface area (Å²) >= 11 is 1.02. The molecule has 10 nitrogen and oxygen atoms in total.